The largest absolute Gasteiger partial charge is 0.381 e. The molecule has 2 atom stereocenters. The highest BCUT2D eigenvalue weighted by atomic mass is 16.5. The van der Waals surface area contributed by atoms with Crippen molar-refractivity contribution in [3.05, 3.63) is 34.9 Å². The van der Waals surface area contributed by atoms with Crippen LogP contribution in [0.25, 0.3) is 0 Å². The van der Waals surface area contributed by atoms with E-state index in [2.05, 4.69) is 45.9 Å². The van der Waals surface area contributed by atoms with Gasteiger partial charge in [-0.05, 0) is 41.4 Å². The second-order valence-corrected chi connectivity index (χ2v) is 6.70. The molecule has 2 rings (SSSR count). The van der Waals surface area contributed by atoms with Crippen molar-refractivity contribution in [1.82, 2.24) is 0 Å². The summed E-state index contributed by atoms with van der Waals surface area (Å²) in [5, 5.41) is 0. The van der Waals surface area contributed by atoms with Crippen molar-refractivity contribution in [2.24, 2.45) is 11.7 Å². The Hall–Kier alpha value is -0.860. The summed E-state index contributed by atoms with van der Waals surface area (Å²) in [6, 6.07) is 6.96. The first-order valence-electron chi connectivity index (χ1n) is 7.97. The van der Waals surface area contributed by atoms with Crippen molar-refractivity contribution < 1.29 is 4.74 Å². The van der Waals surface area contributed by atoms with E-state index in [4.69, 9.17) is 10.5 Å². The van der Waals surface area contributed by atoms with Crippen molar-refractivity contribution in [3.8, 4) is 0 Å². The molecule has 0 aliphatic carbocycles. The Labute approximate surface area is 123 Å². The van der Waals surface area contributed by atoms with Crippen LogP contribution < -0.4 is 5.73 Å². The summed E-state index contributed by atoms with van der Waals surface area (Å²) >= 11 is 0. The van der Waals surface area contributed by atoms with E-state index < -0.39 is 0 Å². The molecule has 1 aromatic carbocycles. The minimum absolute atomic E-state index is 0.105. The first-order chi connectivity index (χ1) is 9.50. The highest BCUT2D eigenvalue weighted by Gasteiger charge is 2.25. The molecule has 1 aliphatic heterocycles. The van der Waals surface area contributed by atoms with Gasteiger partial charge >= 0.3 is 0 Å². The number of hydrogen-bond donors (Lipinski definition) is 1. The molecule has 0 amide bonds. The summed E-state index contributed by atoms with van der Waals surface area (Å²) in [6.45, 7) is 10.7. The molecule has 2 nitrogen and oxygen atoms in total. The van der Waals surface area contributed by atoms with E-state index in [1.807, 2.05) is 0 Å². The van der Waals surface area contributed by atoms with Gasteiger partial charge in [0.05, 0.1) is 6.61 Å². The summed E-state index contributed by atoms with van der Waals surface area (Å²) in [7, 11) is 0. The molecule has 112 valence electrons. The summed E-state index contributed by atoms with van der Waals surface area (Å²) in [5.74, 6) is 1.54. The maximum Gasteiger partial charge on any atom is 0.0512 e. The number of hydrogen-bond acceptors (Lipinski definition) is 2. The average Bonchev–Trinajstić information content (AvgIpc) is 2.46. The average molecular weight is 275 g/mol. The third-order valence-corrected chi connectivity index (χ3v) is 4.46. The lowest BCUT2D eigenvalue weighted by atomic mass is 9.83. The summed E-state index contributed by atoms with van der Waals surface area (Å²) in [6.07, 6.45) is 2.32. The third kappa shape index (κ3) is 3.42. The van der Waals surface area contributed by atoms with Gasteiger partial charge in [0.15, 0.2) is 0 Å². The van der Waals surface area contributed by atoms with Crippen LogP contribution in [0.15, 0.2) is 18.2 Å². The van der Waals surface area contributed by atoms with Gasteiger partial charge in [-0.25, -0.2) is 0 Å². The Morgan fingerprint density at radius 2 is 1.85 bits per heavy atom. The summed E-state index contributed by atoms with van der Waals surface area (Å²) in [4.78, 5) is 0. The molecule has 1 aliphatic rings. The van der Waals surface area contributed by atoms with E-state index in [0.29, 0.717) is 17.8 Å². The number of benzene rings is 1. The van der Waals surface area contributed by atoms with E-state index in [1.165, 1.54) is 23.1 Å². The second kappa shape index (κ2) is 6.73. The first-order valence-corrected chi connectivity index (χ1v) is 7.97. The van der Waals surface area contributed by atoms with E-state index in [9.17, 15) is 0 Å². The van der Waals surface area contributed by atoms with Gasteiger partial charge in [0.1, 0.15) is 0 Å². The predicted octanol–water partition coefficient (Wildman–Crippen LogP) is 4.36. The molecule has 1 heterocycles. The van der Waals surface area contributed by atoms with E-state index in [1.54, 1.807) is 0 Å². The monoisotopic (exact) mass is 275 g/mol. The van der Waals surface area contributed by atoms with Crippen molar-refractivity contribution >= 4 is 0 Å². The van der Waals surface area contributed by atoms with Crippen molar-refractivity contribution in [2.45, 2.75) is 58.4 Å². The summed E-state index contributed by atoms with van der Waals surface area (Å²) < 4.78 is 5.61. The zero-order chi connectivity index (χ0) is 14.7. The Bertz CT molecular complexity index is 433. The molecular weight excluding hydrogens is 246 g/mol. The van der Waals surface area contributed by atoms with Crippen LogP contribution >= 0.6 is 0 Å². The highest BCUT2D eigenvalue weighted by Crippen LogP contribution is 2.33. The third-order valence-electron chi connectivity index (χ3n) is 4.46. The van der Waals surface area contributed by atoms with Gasteiger partial charge in [0.25, 0.3) is 0 Å². The lowest BCUT2D eigenvalue weighted by molar-refractivity contribution is 0.0446. The van der Waals surface area contributed by atoms with Gasteiger partial charge in [-0.15, -0.1) is 0 Å². The maximum absolute atomic E-state index is 6.55. The maximum atomic E-state index is 6.55. The molecule has 0 bridgehead atoms. The molecule has 2 heteroatoms. The SMILES string of the molecule is CC(C)c1ccc(C(N)C2CCCOC2)c(C(C)C)c1. The standard InChI is InChI=1S/C18H29NO/c1-12(2)14-7-8-16(17(10-14)13(3)4)18(19)15-6-5-9-20-11-15/h7-8,10,12-13,15,18H,5-6,9,11,19H2,1-4H3. The molecule has 1 saturated heterocycles. The van der Waals surface area contributed by atoms with E-state index in [-0.39, 0.29) is 6.04 Å². The van der Waals surface area contributed by atoms with E-state index in [0.717, 1.165) is 19.6 Å². The van der Waals surface area contributed by atoms with Crippen LogP contribution in [0.5, 0.6) is 0 Å². The second-order valence-electron chi connectivity index (χ2n) is 6.70. The zero-order valence-corrected chi connectivity index (χ0v) is 13.4. The molecular formula is C18H29NO. The number of rotatable bonds is 4. The quantitative estimate of drug-likeness (QED) is 0.886. The molecule has 1 fully saturated rings. The van der Waals surface area contributed by atoms with Gasteiger partial charge in [0, 0.05) is 18.6 Å². The Morgan fingerprint density at radius 3 is 2.40 bits per heavy atom. The lowest BCUT2D eigenvalue weighted by Crippen LogP contribution is -2.30. The fourth-order valence-corrected chi connectivity index (χ4v) is 3.06. The minimum atomic E-state index is 0.105. The minimum Gasteiger partial charge on any atom is -0.381 e. The Morgan fingerprint density at radius 1 is 1.10 bits per heavy atom. The van der Waals surface area contributed by atoms with E-state index >= 15 is 0 Å². The van der Waals surface area contributed by atoms with Crippen LogP contribution in [0.2, 0.25) is 0 Å². The fourth-order valence-electron chi connectivity index (χ4n) is 3.06. The van der Waals surface area contributed by atoms with Gasteiger partial charge in [-0.1, -0.05) is 45.9 Å². The van der Waals surface area contributed by atoms with Crippen molar-refractivity contribution in [1.29, 1.82) is 0 Å². The molecule has 1 aromatic rings. The van der Waals surface area contributed by atoms with Gasteiger partial charge < -0.3 is 10.5 Å². The van der Waals surface area contributed by atoms with Gasteiger partial charge in [-0.2, -0.15) is 0 Å². The van der Waals surface area contributed by atoms with Gasteiger partial charge in [0.2, 0.25) is 0 Å². The molecule has 2 unspecified atom stereocenters. The van der Waals surface area contributed by atoms with Crippen LogP contribution in [0.3, 0.4) is 0 Å². The van der Waals surface area contributed by atoms with Crippen LogP contribution in [-0.4, -0.2) is 13.2 Å². The molecule has 0 spiro atoms. The molecule has 0 aromatic heterocycles. The number of ether oxygens (including phenoxy) is 1. The van der Waals surface area contributed by atoms with Crippen molar-refractivity contribution in [2.75, 3.05) is 13.2 Å². The first kappa shape index (κ1) is 15.5. The topological polar surface area (TPSA) is 35.2 Å². The summed E-state index contributed by atoms with van der Waals surface area (Å²) in [5.41, 5.74) is 10.7. The smallest absolute Gasteiger partial charge is 0.0512 e. The highest BCUT2D eigenvalue weighted by molar-refractivity contribution is 5.37. The van der Waals surface area contributed by atoms with Crippen molar-refractivity contribution in [3.63, 3.8) is 0 Å². The lowest BCUT2D eigenvalue weighted by Gasteiger charge is -2.30. The fraction of sp³-hybridized carbons (Fsp3) is 0.667. The normalized spacial score (nSPS) is 21.4. The molecule has 2 N–H and O–H groups in total. The Kier molecular flexibility index (Phi) is 5.22. The predicted molar refractivity (Wildman–Crippen MR) is 85.1 cm³/mol. The zero-order valence-electron chi connectivity index (χ0n) is 13.4. The van der Waals surface area contributed by atoms with Crippen LogP contribution in [0.1, 0.15) is 75.1 Å². The van der Waals surface area contributed by atoms with Crippen LogP contribution in [0.4, 0.5) is 0 Å². The van der Waals surface area contributed by atoms with Crippen LogP contribution in [-0.2, 0) is 4.74 Å². The Balaban J connectivity index is 2.29. The molecule has 20 heavy (non-hydrogen) atoms. The number of nitrogens with two attached hydrogens (primary N) is 1. The molecule has 0 radical (unpaired) electrons. The van der Waals surface area contributed by atoms with Crippen LogP contribution in [0, 0.1) is 5.92 Å². The van der Waals surface area contributed by atoms with Gasteiger partial charge in [-0.3, -0.25) is 0 Å². The molecule has 0 saturated carbocycles.